The zero-order valence-corrected chi connectivity index (χ0v) is 11.3. The molecule has 2 atom stereocenters. The summed E-state index contributed by atoms with van der Waals surface area (Å²) in [7, 11) is 0. The molecule has 0 bridgehead atoms. The highest BCUT2D eigenvalue weighted by atomic mass is 16.3. The van der Waals surface area contributed by atoms with Crippen molar-refractivity contribution in [3.63, 3.8) is 0 Å². The Morgan fingerprint density at radius 3 is 1.95 bits per heavy atom. The van der Waals surface area contributed by atoms with E-state index in [2.05, 4.69) is 36.5 Å². The first-order chi connectivity index (χ1) is 9.31. The Bertz CT molecular complexity index is 469. The minimum Gasteiger partial charge on any atom is -0.394 e. The summed E-state index contributed by atoms with van der Waals surface area (Å²) in [6.07, 6.45) is 0. The van der Waals surface area contributed by atoms with Gasteiger partial charge in [-0.2, -0.15) is 0 Å². The summed E-state index contributed by atoms with van der Waals surface area (Å²) in [6.45, 7) is 3.16. The summed E-state index contributed by atoms with van der Waals surface area (Å²) in [5.41, 5.74) is 2.45. The average molecular weight is 255 g/mol. The molecular formula is C17H21NO. The molecule has 0 fully saturated rings. The predicted octanol–water partition coefficient (Wildman–Crippen LogP) is 3.11. The van der Waals surface area contributed by atoms with Crippen molar-refractivity contribution >= 4 is 0 Å². The van der Waals surface area contributed by atoms with Gasteiger partial charge in [-0.25, -0.2) is 0 Å². The van der Waals surface area contributed by atoms with Crippen LogP contribution in [0.25, 0.3) is 0 Å². The van der Waals surface area contributed by atoms with Gasteiger partial charge in [-0.1, -0.05) is 67.6 Å². The first-order valence-corrected chi connectivity index (χ1v) is 6.75. The normalized spacial score (nSPS) is 14.0. The van der Waals surface area contributed by atoms with Gasteiger partial charge in [0.2, 0.25) is 0 Å². The highest BCUT2D eigenvalue weighted by molar-refractivity contribution is 5.21. The van der Waals surface area contributed by atoms with Crippen LogP contribution in [0, 0.1) is 0 Å². The van der Waals surface area contributed by atoms with Gasteiger partial charge in [0.05, 0.1) is 12.6 Å². The van der Waals surface area contributed by atoms with Crippen molar-refractivity contribution in [1.29, 1.82) is 0 Å². The molecule has 1 unspecified atom stereocenters. The number of aliphatic hydroxyl groups excluding tert-OH is 1. The van der Waals surface area contributed by atoms with Crippen molar-refractivity contribution in [3.8, 4) is 0 Å². The van der Waals surface area contributed by atoms with Crippen LogP contribution in [0.5, 0.6) is 0 Å². The van der Waals surface area contributed by atoms with Crippen LogP contribution < -0.4 is 5.32 Å². The lowest BCUT2D eigenvalue weighted by molar-refractivity contribution is 0.243. The summed E-state index contributed by atoms with van der Waals surface area (Å²) >= 11 is 0. The molecule has 0 radical (unpaired) electrons. The van der Waals surface area contributed by atoms with Crippen LogP contribution in [0.3, 0.4) is 0 Å². The maximum Gasteiger partial charge on any atom is 0.0626 e. The molecule has 0 aliphatic rings. The maximum absolute atomic E-state index is 9.50. The Morgan fingerprint density at radius 2 is 1.42 bits per heavy atom. The van der Waals surface area contributed by atoms with Crippen LogP contribution in [0.4, 0.5) is 0 Å². The van der Waals surface area contributed by atoms with Crippen molar-refractivity contribution in [2.24, 2.45) is 0 Å². The lowest BCUT2D eigenvalue weighted by Crippen LogP contribution is -2.28. The number of aliphatic hydroxyl groups is 1. The second-order valence-corrected chi connectivity index (χ2v) is 4.87. The molecule has 2 nitrogen and oxygen atoms in total. The average Bonchev–Trinajstić information content (AvgIpc) is 2.49. The van der Waals surface area contributed by atoms with Crippen molar-refractivity contribution in [1.82, 2.24) is 5.32 Å². The third kappa shape index (κ3) is 3.91. The van der Waals surface area contributed by atoms with E-state index in [1.807, 2.05) is 36.4 Å². The third-order valence-corrected chi connectivity index (χ3v) is 3.42. The molecule has 0 amide bonds. The molecule has 2 N–H and O–H groups in total. The summed E-state index contributed by atoms with van der Waals surface area (Å²) in [4.78, 5) is 0. The number of rotatable bonds is 6. The van der Waals surface area contributed by atoms with Gasteiger partial charge in [-0.3, -0.25) is 0 Å². The van der Waals surface area contributed by atoms with E-state index in [1.165, 1.54) is 5.56 Å². The van der Waals surface area contributed by atoms with Crippen LogP contribution in [0.15, 0.2) is 60.7 Å². The molecule has 0 spiro atoms. The van der Waals surface area contributed by atoms with Gasteiger partial charge in [0.1, 0.15) is 0 Å². The molecule has 2 rings (SSSR count). The summed E-state index contributed by atoms with van der Waals surface area (Å²) < 4.78 is 0. The highest BCUT2D eigenvalue weighted by Gasteiger charge is 2.11. The van der Waals surface area contributed by atoms with Gasteiger partial charge in [-0.05, 0) is 17.0 Å². The van der Waals surface area contributed by atoms with Gasteiger partial charge < -0.3 is 10.4 Å². The number of hydrogen-bond acceptors (Lipinski definition) is 2. The number of hydrogen-bond donors (Lipinski definition) is 2. The summed E-state index contributed by atoms with van der Waals surface area (Å²) in [5, 5.41) is 12.9. The topological polar surface area (TPSA) is 32.3 Å². The minimum atomic E-state index is 0.00682. The van der Waals surface area contributed by atoms with Gasteiger partial charge in [0.15, 0.2) is 0 Å². The fourth-order valence-corrected chi connectivity index (χ4v) is 2.19. The first kappa shape index (κ1) is 13.8. The Morgan fingerprint density at radius 1 is 0.895 bits per heavy atom. The molecule has 0 aliphatic heterocycles. The largest absolute Gasteiger partial charge is 0.394 e. The van der Waals surface area contributed by atoms with E-state index < -0.39 is 0 Å². The van der Waals surface area contributed by atoms with Gasteiger partial charge in [0.25, 0.3) is 0 Å². The Kier molecular flexibility index (Phi) is 5.13. The fraction of sp³-hybridized carbons (Fsp3) is 0.294. The Balaban J connectivity index is 1.94. The van der Waals surface area contributed by atoms with Crippen LogP contribution in [-0.4, -0.2) is 18.3 Å². The second kappa shape index (κ2) is 7.07. The number of benzene rings is 2. The fourth-order valence-electron chi connectivity index (χ4n) is 2.19. The standard InChI is InChI=1S/C17H21NO/c1-14(15-8-4-2-5-9-15)12-18-17(13-19)16-10-6-3-7-11-16/h2-11,14,17-19H,12-13H2,1H3/t14?,17-/m1/s1. The number of nitrogens with one attached hydrogen (secondary N) is 1. The molecule has 0 aromatic heterocycles. The third-order valence-electron chi connectivity index (χ3n) is 3.42. The van der Waals surface area contributed by atoms with Crippen LogP contribution >= 0.6 is 0 Å². The van der Waals surface area contributed by atoms with E-state index in [0.29, 0.717) is 5.92 Å². The van der Waals surface area contributed by atoms with Crippen LogP contribution in [0.1, 0.15) is 30.0 Å². The monoisotopic (exact) mass is 255 g/mol. The minimum absolute atomic E-state index is 0.00682. The van der Waals surface area contributed by atoms with Crippen LogP contribution in [0.2, 0.25) is 0 Å². The SMILES string of the molecule is CC(CN[C@H](CO)c1ccccc1)c1ccccc1. The molecule has 100 valence electrons. The molecule has 0 heterocycles. The maximum atomic E-state index is 9.50. The van der Waals surface area contributed by atoms with Gasteiger partial charge >= 0.3 is 0 Å². The molecule has 2 aromatic rings. The van der Waals surface area contributed by atoms with E-state index in [0.717, 1.165) is 12.1 Å². The molecule has 0 aliphatic carbocycles. The predicted molar refractivity (Wildman–Crippen MR) is 79.1 cm³/mol. The van der Waals surface area contributed by atoms with Crippen molar-refractivity contribution in [2.75, 3.05) is 13.2 Å². The first-order valence-electron chi connectivity index (χ1n) is 6.75. The van der Waals surface area contributed by atoms with E-state index in [9.17, 15) is 5.11 Å². The zero-order valence-electron chi connectivity index (χ0n) is 11.3. The van der Waals surface area contributed by atoms with Gasteiger partial charge in [0, 0.05) is 6.54 Å². The second-order valence-electron chi connectivity index (χ2n) is 4.87. The summed E-state index contributed by atoms with van der Waals surface area (Å²) in [5.74, 6) is 0.430. The highest BCUT2D eigenvalue weighted by Crippen LogP contribution is 2.16. The molecule has 2 aromatic carbocycles. The van der Waals surface area contributed by atoms with Crippen molar-refractivity contribution in [3.05, 3.63) is 71.8 Å². The lowest BCUT2D eigenvalue weighted by Gasteiger charge is -2.20. The molecule has 0 saturated heterocycles. The smallest absolute Gasteiger partial charge is 0.0626 e. The molecule has 0 saturated carbocycles. The molecule has 19 heavy (non-hydrogen) atoms. The quantitative estimate of drug-likeness (QED) is 0.831. The van der Waals surface area contributed by atoms with E-state index in [-0.39, 0.29) is 12.6 Å². The Hall–Kier alpha value is -1.64. The van der Waals surface area contributed by atoms with Crippen LogP contribution in [-0.2, 0) is 0 Å². The van der Waals surface area contributed by atoms with E-state index >= 15 is 0 Å². The lowest BCUT2D eigenvalue weighted by atomic mass is 10.0. The molecular weight excluding hydrogens is 234 g/mol. The Labute approximate surface area is 115 Å². The zero-order chi connectivity index (χ0) is 13.5. The van der Waals surface area contributed by atoms with E-state index in [1.54, 1.807) is 0 Å². The van der Waals surface area contributed by atoms with Crippen molar-refractivity contribution in [2.45, 2.75) is 18.9 Å². The van der Waals surface area contributed by atoms with Gasteiger partial charge in [-0.15, -0.1) is 0 Å². The molecule has 2 heteroatoms. The summed E-state index contributed by atoms with van der Waals surface area (Å²) in [6, 6.07) is 20.5. The van der Waals surface area contributed by atoms with Crippen molar-refractivity contribution < 1.29 is 5.11 Å². The van der Waals surface area contributed by atoms with E-state index in [4.69, 9.17) is 0 Å².